The van der Waals surface area contributed by atoms with Gasteiger partial charge in [-0.15, -0.1) is 10.2 Å². The molecule has 302 valence electrons. The van der Waals surface area contributed by atoms with Gasteiger partial charge >= 0.3 is 118 Å². The predicted octanol–water partition coefficient (Wildman–Crippen LogP) is -7.03. The molecule has 2 N–H and O–H groups in total. The van der Waals surface area contributed by atoms with Crippen molar-refractivity contribution in [1.82, 2.24) is 0 Å². The van der Waals surface area contributed by atoms with Crippen LogP contribution < -0.4 is 138 Å². The fraction of sp³-hybridized carbons (Fsp3) is 0.0588. The number of benzene rings is 6. The molecule has 0 unspecified atom stereocenters. The van der Waals surface area contributed by atoms with Gasteiger partial charge in [-0.3, -0.25) is 9.11 Å². The SMILES string of the molecule is COc1cc(-c2ccc(N=Nc3c([O-])c(S(=O)(=O)O)cc4cc(S(=O)(=O)[O-])ccc34)c(OC)c2)ccc1N=Nc1c([O-])c(S(=O)(=O)O)cc2cc(S(=O)(=O)[O-])ccc12.[Na+].[Na+].[Na+].[Na+]. The van der Waals surface area contributed by atoms with Crippen LogP contribution in [0.3, 0.4) is 0 Å². The van der Waals surface area contributed by atoms with Gasteiger partial charge in [0.15, 0.2) is 0 Å². The first kappa shape index (κ1) is 56.0. The Morgan fingerprint density at radius 1 is 0.484 bits per heavy atom. The Morgan fingerprint density at radius 2 is 0.823 bits per heavy atom. The van der Waals surface area contributed by atoms with E-state index in [1.165, 1.54) is 50.6 Å². The zero-order valence-corrected chi connectivity index (χ0v) is 44.4. The molecule has 6 aromatic rings. The number of fused-ring (bicyclic) bond motifs is 2. The Morgan fingerprint density at radius 3 is 1.11 bits per heavy atom. The number of nitrogens with zero attached hydrogens (tertiary/aromatic N) is 4. The van der Waals surface area contributed by atoms with E-state index in [0.717, 1.165) is 36.4 Å². The summed E-state index contributed by atoms with van der Waals surface area (Å²) in [7, 11) is -17.7. The van der Waals surface area contributed by atoms with Crippen molar-refractivity contribution in [2.45, 2.75) is 19.6 Å². The molecule has 0 saturated carbocycles. The van der Waals surface area contributed by atoms with Gasteiger partial charge in [-0.1, -0.05) is 35.8 Å². The largest absolute Gasteiger partial charge is 1.00 e. The van der Waals surface area contributed by atoms with Crippen LogP contribution in [-0.2, 0) is 40.5 Å². The molecule has 0 bridgehead atoms. The van der Waals surface area contributed by atoms with Crippen LogP contribution in [0.25, 0.3) is 32.7 Å². The molecular formula is C34H22N4Na4O16S4. The quantitative estimate of drug-likeness (QED) is 0.0692. The molecule has 0 heterocycles. The van der Waals surface area contributed by atoms with E-state index in [1.54, 1.807) is 0 Å². The van der Waals surface area contributed by atoms with Gasteiger partial charge in [0, 0.05) is 10.8 Å². The normalized spacial score (nSPS) is 12.0. The minimum atomic E-state index is -5.14. The summed E-state index contributed by atoms with van der Waals surface area (Å²) in [5, 5.41) is 41.4. The van der Waals surface area contributed by atoms with Crippen molar-refractivity contribution in [1.29, 1.82) is 0 Å². The average Bonchev–Trinajstić information content (AvgIpc) is 3.14. The Bertz CT molecular complexity index is 3030. The fourth-order valence-corrected chi connectivity index (χ4v) is 7.85. The molecule has 0 aliphatic rings. The third-order valence-electron chi connectivity index (χ3n) is 8.35. The van der Waals surface area contributed by atoms with Crippen molar-refractivity contribution >= 4 is 84.8 Å². The average molecular weight is 963 g/mol. The molecule has 6 aromatic carbocycles. The summed E-state index contributed by atoms with van der Waals surface area (Å²) in [6.07, 6.45) is 0. The molecule has 0 atom stereocenters. The van der Waals surface area contributed by atoms with Gasteiger partial charge in [0.05, 0.1) is 45.2 Å². The number of ether oxygens (including phenoxy) is 2. The van der Waals surface area contributed by atoms with E-state index < -0.39 is 82.9 Å². The Balaban J connectivity index is 0.00000331. The van der Waals surface area contributed by atoms with Crippen molar-refractivity contribution < 1.29 is 190 Å². The molecule has 0 spiro atoms. The molecule has 20 nitrogen and oxygen atoms in total. The second kappa shape index (κ2) is 21.5. The van der Waals surface area contributed by atoms with Crippen LogP contribution >= 0.6 is 0 Å². The van der Waals surface area contributed by atoms with Crippen LogP contribution in [-0.4, -0.2) is 66.1 Å². The molecular weight excluding hydrogens is 941 g/mol. The van der Waals surface area contributed by atoms with Gasteiger partial charge in [-0.05, 0) is 82.6 Å². The number of methoxy groups -OCH3 is 2. The van der Waals surface area contributed by atoms with Gasteiger partial charge in [0.25, 0.3) is 20.2 Å². The minimum absolute atomic E-state index is 0. The summed E-state index contributed by atoms with van der Waals surface area (Å²) in [6, 6.07) is 15.8. The van der Waals surface area contributed by atoms with Crippen LogP contribution in [0.15, 0.2) is 125 Å². The Hall–Kier alpha value is -2.12. The third-order valence-corrected chi connectivity index (χ3v) is 11.7. The Kier molecular flexibility index (Phi) is 19.4. The zero-order valence-electron chi connectivity index (χ0n) is 33.1. The van der Waals surface area contributed by atoms with Gasteiger partial charge in [-0.2, -0.15) is 27.1 Å². The third kappa shape index (κ3) is 12.2. The van der Waals surface area contributed by atoms with E-state index in [4.69, 9.17) is 9.47 Å². The van der Waals surface area contributed by atoms with Crippen LogP contribution in [0.2, 0.25) is 0 Å². The van der Waals surface area contributed by atoms with Crippen molar-refractivity contribution in [3.63, 3.8) is 0 Å². The van der Waals surface area contributed by atoms with Crippen LogP contribution in [0.1, 0.15) is 0 Å². The van der Waals surface area contributed by atoms with E-state index >= 15 is 0 Å². The summed E-state index contributed by atoms with van der Waals surface area (Å²) in [5.74, 6) is -2.39. The van der Waals surface area contributed by atoms with Crippen LogP contribution in [0.5, 0.6) is 23.0 Å². The van der Waals surface area contributed by atoms with E-state index in [0.29, 0.717) is 23.3 Å². The summed E-state index contributed by atoms with van der Waals surface area (Å²) in [4.78, 5) is -3.76. The monoisotopic (exact) mass is 962 g/mol. The molecule has 0 saturated heterocycles. The maximum atomic E-state index is 13.1. The van der Waals surface area contributed by atoms with E-state index in [2.05, 4.69) is 20.5 Å². The van der Waals surface area contributed by atoms with Crippen molar-refractivity contribution in [2.75, 3.05) is 14.2 Å². The summed E-state index contributed by atoms with van der Waals surface area (Å²) in [5.41, 5.74) is -0.236. The molecule has 0 aliphatic carbocycles. The number of hydrogen-bond acceptors (Lipinski definition) is 18. The van der Waals surface area contributed by atoms with Crippen LogP contribution in [0, 0.1) is 0 Å². The molecule has 6 rings (SSSR count). The first-order valence-electron chi connectivity index (χ1n) is 15.6. The van der Waals surface area contributed by atoms with E-state index in [9.17, 15) is 62.1 Å². The first-order valence-corrected chi connectivity index (χ1v) is 21.3. The van der Waals surface area contributed by atoms with Gasteiger partial charge in [0.1, 0.15) is 43.1 Å². The minimum Gasteiger partial charge on any atom is -0.870 e. The number of hydrogen-bond donors (Lipinski definition) is 2. The smallest absolute Gasteiger partial charge is 0.870 e. The predicted molar refractivity (Wildman–Crippen MR) is 196 cm³/mol. The van der Waals surface area contributed by atoms with Gasteiger partial charge in [-0.25, -0.2) is 16.8 Å². The molecule has 0 fully saturated rings. The van der Waals surface area contributed by atoms with E-state index in [-0.39, 0.29) is 163 Å². The second-order valence-corrected chi connectivity index (χ2v) is 17.4. The second-order valence-electron chi connectivity index (χ2n) is 11.9. The molecule has 0 amide bonds. The molecule has 62 heavy (non-hydrogen) atoms. The summed E-state index contributed by atoms with van der Waals surface area (Å²) >= 11 is 0. The van der Waals surface area contributed by atoms with Gasteiger partial charge < -0.3 is 28.8 Å². The number of rotatable bonds is 11. The first-order chi connectivity index (χ1) is 27.0. The molecule has 0 aliphatic heterocycles. The zero-order chi connectivity index (χ0) is 42.5. The van der Waals surface area contributed by atoms with Crippen LogP contribution in [0.4, 0.5) is 22.7 Å². The maximum Gasteiger partial charge on any atom is 1.00 e. The van der Waals surface area contributed by atoms with Crippen molar-refractivity contribution in [3.05, 3.63) is 84.9 Å². The Labute approximate surface area is 442 Å². The van der Waals surface area contributed by atoms with Crippen molar-refractivity contribution in [2.24, 2.45) is 20.5 Å². The van der Waals surface area contributed by atoms with Crippen molar-refractivity contribution in [3.8, 4) is 34.1 Å². The molecule has 0 aromatic heterocycles. The molecule has 0 radical (unpaired) electrons. The maximum absolute atomic E-state index is 13.1. The number of azo groups is 2. The topological polar surface area (TPSA) is 337 Å². The van der Waals surface area contributed by atoms with E-state index in [1.807, 2.05) is 0 Å². The summed E-state index contributed by atoms with van der Waals surface area (Å²) in [6.45, 7) is 0. The van der Waals surface area contributed by atoms with Gasteiger partial charge in [0.2, 0.25) is 0 Å². The summed E-state index contributed by atoms with van der Waals surface area (Å²) < 4.78 is 148. The fourth-order valence-electron chi connectivity index (χ4n) is 5.62. The molecule has 28 heteroatoms. The standard InChI is InChI=1S/C34H26N4O16S4.4Na/c1-53-27-13-17(3-9-25(27)35-37-31-23-7-5-21(55(41,42)43)11-19(23)15-29(33(31)39)57(47,48)49)18-4-10-26(28(14-18)54-2)36-38-32-24-8-6-22(56(44,45)46)12-20(24)16-30(34(32)40)58(50,51)52;;;;/h3-16,39-40H,1-2H3,(H,41,42,43)(H,44,45,46)(H,47,48,49)(H,50,51,52);;;;/q;4*+1/p-4.